The van der Waals surface area contributed by atoms with Crippen molar-refractivity contribution in [3.05, 3.63) is 59.7 Å². The Hall–Kier alpha value is -2.31. The van der Waals surface area contributed by atoms with E-state index in [1.165, 1.54) is 5.56 Å². The minimum Gasteiger partial charge on any atom is -0.351 e. The molecule has 5 nitrogen and oxygen atoms in total. The summed E-state index contributed by atoms with van der Waals surface area (Å²) in [5.41, 5.74) is 3.04. The predicted molar refractivity (Wildman–Crippen MR) is 107 cm³/mol. The molecule has 0 unspecified atom stereocenters. The van der Waals surface area contributed by atoms with E-state index in [1.54, 1.807) is 23.7 Å². The molecule has 2 aromatic rings. The van der Waals surface area contributed by atoms with Crippen LogP contribution < -0.4 is 10.6 Å². The molecule has 0 bridgehead atoms. The maximum Gasteiger partial charge on any atom is 0.238 e. The maximum atomic E-state index is 12.2. The van der Waals surface area contributed by atoms with Gasteiger partial charge in [0.25, 0.3) is 0 Å². The van der Waals surface area contributed by atoms with Gasteiger partial charge in [0.2, 0.25) is 11.8 Å². The number of nitrogens with one attached hydrogen (secondary N) is 2. The average Bonchev–Trinajstić information content (AvgIpc) is 2.61. The number of thioether (sulfide) groups is 1. The van der Waals surface area contributed by atoms with Crippen molar-refractivity contribution in [1.82, 2.24) is 10.2 Å². The highest BCUT2D eigenvalue weighted by atomic mass is 32.2. The number of rotatable bonds is 8. The highest BCUT2D eigenvalue weighted by Crippen LogP contribution is 2.24. The quantitative estimate of drug-likeness (QED) is 0.701. The van der Waals surface area contributed by atoms with Gasteiger partial charge in [0.1, 0.15) is 0 Å². The molecule has 6 heteroatoms. The molecule has 0 atom stereocenters. The summed E-state index contributed by atoms with van der Waals surface area (Å²) in [5, 5.41) is 5.77. The molecule has 2 N–H and O–H groups in total. The molecule has 26 heavy (non-hydrogen) atoms. The third-order valence-electron chi connectivity index (χ3n) is 3.82. The molecule has 2 rings (SSSR count). The molecule has 0 aromatic heterocycles. The van der Waals surface area contributed by atoms with Crippen LogP contribution in [0.4, 0.5) is 5.69 Å². The lowest BCUT2D eigenvalue weighted by molar-refractivity contribution is -0.123. The molecule has 0 saturated carbocycles. The Kier molecular flexibility index (Phi) is 7.69. The number of amides is 2. The van der Waals surface area contributed by atoms with Crippen molar-refractivity contribution < 1.29 is 9.59 Å². The molecular formula is C20H25N3O2S. The first-order valence-corrected chi connectivity index (χ1v) is 9.64. The van der Waals surface area contributed by atoms with Gasteiger partial charge >= 0.3 is 0 Å². The van der Waals surface area contributed by atoms with E-state index in [0.717, 1.165) is 16.1 Å². The second-order valence-corrected chi connectivity index (χ2v) is 7.03. The summed E-state index contributed by atoms with van der Waals surface area (Å²) >= 11 is 1.58. The number of nitrogens with zero attached hydrogens (tertiary/aromatic N) is 1. The number of aryl methyl sites for hydroxylation is 1. The first-order valence-electron chi connectivity index (χ1n) is 8.41. The van der Waals surface area contributed by atoms with Crippen molar-refractivity contribution in [2.24, 2.45) is 0 Å². The van der Waals surface area contributed by atoms with Gasteiger partial charge in [-0.2, -0.15) is 0 Å². The van der Waals surface area contributed by atoms with Crippen LogP contribution in [0.1, 0.15) is 11.1 Å². The monoisotopic (exact) mass is 371 g/mol. The Morgan fingerprint density at radius 3 is 2.35 bits per heavy atom. The first kappa shape index (κ1) is 20.0. The predicted octanol–water partition coefficient (Wildman–Crippen LogP) is 2.90. The van der Waals surface area contributed by atoms with Crippen LogP contribution in [0.15, 0.2) is 53.4 Å². The van der Waals surface area contributed by atoms with E-state index in [4.69, 9.17) is 0 Å². The number of carbonyl (C=O) groups is 2. The normalized spacial score (nSPS) is 10.6. The number of likely N-dealkylation sites (N-methyl/N-ethyl adjacent to an activating group) is 1. The SMILES string of the molecule is CSc1ccccc1NC(=O)CN(C)CC(=O)NCc1ccc(C)cc1. The van der Waals surface area contributed by atoms with E-state index in [-0.39, 0.29) is 24.9 Å². The summed E-state index contributed by atoms with van der Waals surface area (Å²) in [6.45, 7) is 2.84. The summed E-state index contributed by atoms with van der Waals surface area (Å²) < 4.78 is 0. The second kappa shape index (κ2) is 9.99. The smallest absolute Gasteiger partial charge is 0.238 e. The summed E-state index contributed by atoms with van der Waals surface area (Å²) in [6.07, 6.45) is 1.97. The van der Waals surface area contributed by atoms with Gasteiger partial charge in [-0.05, 0) is 37.9 Å². The maximum absolute atomic E-state index is 12.2. The van der Waals surface area contributed by atoms with Gasteiger partial charge in [-0.25, -0.2) is 0 Å². The topological polar surface area (TPSA) is 61.4 Å². The van der Waals surface area contributed by atoms with Gasteiger partial charge in [0.05, 0.1) is 18.8 Å². The zero-order chi connectivity index (χ0) is 18.9. The third kappa shape index (κ3) is 6.54. The molecule has 0 fully saturated rings. The van der Waals surface area contributed by atoms with E-state index < -0.39 is 0 Å². The Morgan fingerprint density at radius 1 is 1.00 bits per heavy atom. The lowest BCUT2D eigenvalue weighted by Crippen LogP contribution is -2.38. The summed E-state index contributed by atoms with van der Waals surface area (Å²) in [5.74, 6) is -0.245. The summed E-state index contributed by atoms with van der Waals surface area (Å²) in [7, 11) is 1.76. The molecule has 0 radical (unpaired) electrons. The standard InChI is InChI=1S/C20H25N3O2S/c1-15-8-10-16(11-9-15)12-21-19(24)13-23(2)14-20(25)22-17-6-4-5-7-18(17)26-3/h4-11H,12-14H2,1-3H3,(H,21,24)(H,22,25). The number of para-hydroxylation sites is 1. The van der Waals surface area contributed by atoms with E-state index in [2.05, 4.69) is 10.6 Å². The molecule has 0 aliphatic carbocycles. The Balaban J connectivity index is 1.76. The fourth-order valence-corrected chi connectivity index (χ4v) is 3.00. The van der Waals surface area contributed by atoms with E-state index in [1.807, 2.05) is 61.7 Å². The first-order chi connectivity index (χ1) is 12.5. The van der Waals surface area contributed by atoms with Gasteiger partial charge < -0.3 is 10.6 Å². The number of hydrogen-bond acceptors (Lipinski definition) is 4. The van der Waals surface area contributed by atoms with Crippen LogP contribution in [0.3, 0.4) is 0 Å². The fraction of sp³-hybridized carbons (Fsp3) is 0.300. The summed E-state index contributed by atoms with van der Waals surface area (Å²) in [4.78, 5) is 26.9. The molecule has 2 amide bonds. The van der Waals surface area contributed by atoms with Crippen LogP contribution in [-0.4, -0.2) is 43.1 Å². The molecule has 0 saturated heterocycles. The van der Waals surface area contributed by atoms with Gasteiger partial charge in [0, 0.05) is 11.4 Å². The van der Waals surface area contributed by atoms with Crippen LogP contribution in [0.5, 0.6) is 0 Å². The number of benzene rings is 2. The number of carbonyl (C=O) groups excluding carboxylic acids is 2. The third-order valence-corrected chi connectivity index (χ3v) is 4.61. The van der Waals surface area contributed by atoms with Crippen LogP contribution in [0.2, 0.25) is 0 Å². The number of hydrogen-bond donors (Lipinski definition) is 2. The molecule has 0 heterocycles. The second-order valence-electron chi connectivity index (χ2n) is 6.18. The Morgan fingerprint density at radius 2 is 1.65 bits per heavy atom. The van der Waals surface area contributed by atoms with Crippen LogP contribution in [0.25, 0.3) is 0 Å². The number of anilines is 1. The van der Waals surface area contributed by atoms with Crippen LogP contribution >= 0.6 is 11.8 Å². The molecule has 0 spiro atoms. The van der Waals surface area contributed by atoms with Gasteiger partial charge in [0.15, 0.2) is 0 Å². The van der Waals surface area contributed by atoms with Crippen molar-refractivity contribution in [2.75, 3.05) is 31.7 Å². The van der Waals surface area contributed by atoms with Crippen molar-refractivity contribution in [3.8, 4) is 0 Å². The minimum absolute atomic E-state index is 0.106. The Labute approximate surface area is 159 Å². The van der Waals surface area contributed by atoms with Crippen LogP contribution in [0, 0.1) is 6.92 Å². The molecule has 138 valence electrons. The zero-order valence-electron chi connectivity index (χ0n) is 15.4. The lowest BCUT2D eigenvalue weighted by Gasteiger charge is -2.17. The van der Waals surface area contributed by atoms with Crippen LogP contribution in [-0.2, 0) is 16.1 Å². The summed E-state index contributed by atoms with van der Waals surface area (Å²) in [6, 6.07) is 15.7. The highest BCUT2D eigenvalue weighted by Gasteiger charge is 2.12. The fourth-order valence-electron chi connectivity index (χ4n) is 2.45. The Bertz CT molecular complexity index is 747. The zero-order valence-corrected chi connectivity index (χ0v) is 16.2. The minimum atomic E-state index is -0.139. The van der Waals surface area contributed by atoms with Gasteiger partial charge in [-0.15, -0.1) is 11.8 Å². The molecule has 0 aliphatic heterocycles. The molecule has 2 aromatic carbocycles. The van der Waals surface area contributed by atoms with Gasteiger partial charge in [-0.3, -0.25) is 14.5 Å². The van der Waals surface area contributed by atoms with Crippen molar-refractivity contribution in [2.45, 2.75) is 18.4 Å². The van der Waals surface area contributed by atoms with E-state index >= 15 is 0 Å². The van der Waals surface area contributed by atoms with E-state index in [0.29, 0.717) is 6.54 Å². The molecule has 0 aliphatic rings. The van der Waals surface area contributed by atoms with E-state index in [9.17, 15) is 9.59 Å². The van der Waals surface area contributed by atoms with Crippen molar-refractivity contribution in [3.63, 3.8) is 0 Å². The van der Waals surface area contributed by atoms with Gasteiger partial charge in [-0.1, -0.05) is 42.0 Å². The highest BCUT2D eigenvalue weighted by molar-refractivity contribution is 7.98. The average molecular weight is 372 g/mol. The van der Waals surface area contributed by atoms with Crippen molar-refractivity contribution in [1.29, 1.82) is 0 Å². The van der Waals surface area contributed by atoms with Crippen molar-refractivity contribution >= 4 is 29.3 Å². The lowest BCUT2D eigenvalue weighted by atomic mass is 10.1. The largest absolute Gasteiger partial charge is 0.351 e. The molecular weight excluding hydrogens is 346 g/mol.